The maximum Gasteiger partial charge on any atom is 0.245 e. The van der Waals surface area contributed by atoms with Crippen LogP contribution in [0.15, 0.2) is 6.07 Å². The van der Waals surface area contributed by atoms with Gasteiger partial charge in [0, 0.05) is 26.3 Å². The zero-order chi connectivity index (χ0) is 14.0. The SMILES string of the molecule is COCc1nc(N)cc(N2CCNC(=O)C2(C)C)n1. The minimum atomic E-state index is -0.663. The lowest BCUT2D eigenvalue weighted by Gasteiger charge is -2.42. The number of amides is 1. The summed E-state index contributed by atoms with van der Waals surface area (Å²) in [6.07, 6.45) is 0. The van der Waals surface area contributed by atoms with E-state index < -0.39 is 5.54 Å². The molecule has 2 rings (SSSR count). The largest absolute Gasteiger partial charge is 0.384 e. The first-order chi connectivity index (χ1) is 8.95. The van der Waals surface area contributed by atoms with E-state index in [1.807, 2.05) is 18.7 Å². The number of hydrogen-bond donors (Lipinski definition) is 2. The summed E-state index contributed by atoms with van der Waals surface area (Å²) in [6.45, 7) is 5.28. The first-order valence-corrected chi connectivity index (χ1v) is 6.13. The Kier molecular flexibility index (Phi) is 3.57. The molecule has 0 bridgehead atoms. The lowest BCUT2D eigenvalue weighted by atomic mass is 9.99. The third-order valence-corrected chi connectivity index (χ3v) is 3.18. The van der Waals surface area contributed by atoms with Gasteiger partial charge in [-0.1, -0.05) is 0 Å². The lowest BCUT2D eigenvalue weighted by molar-refractivity contribution is -0.126. The third kappa shape index (κ3) is 2.60. The van der Waals surface area contributed by atoms with Gasteiger partial charge < -0.3 is 20.7 Å². The van der Waals surface area contributed by atoms with Gasteiger partial charge in [0.05, 0.1) is 0 Å². The van der Waals surface area contributed by atoms with Gasteiger partial charge in [-0.15, -0.1) is 0 Å². The molecule has 104 valence electrons. The Morgan fingerprint density at radius 1 is 1.53 bits per heavy atom. The Balaban J connectivity index is 2.37. The van der Waals surface area contributed by atoms with Crippen molar-refractivity contribution in [3.8, 4) is 0 Å². The number of nitrogens with two attached hydrogens (primary N) is 1. The second-order valence-electron chi connectivity index (χ2n) is 4.97. The molecule has 1 aromatic rings. The molecule has 1 aliphatic rings. The number of nitrogens with zero attached hydrogens (tertiary/aromatic N) is 3. The molecule has 0 spiro atoms. The molecule has 0 aromatic carbocycles. The zero-order valence-corrected chi connectivity index (χ0v) is 11.4. The van der Waals surface area contributed by atoms with Crippen LogP contribution >= 0.6 is 0 Å². The molecule has 7 heteroatoms. The van der Waals surface area contributed by atoms with Crippen LogP contribution < -0.4 is 16.0 Å². The highest BCUT2D eigenvalue weighted by atomic mass is 16.5. The van der Waals surface area contributed by atoms with Crippen LogP contribution in [-0.4, -0.2) is 41.6 Å². The van der Waals surface area contributed by atoms with E-state index in [1.54, 1.807) is 13.2 Å². The molecule has 0 aliphatic carbocycles. The Morgan fingerprint density at radius 2 is 2.26 bits per heavy atom. The quantitative estimate of drug-likeness (QED) is 0.794. The molecule has 1 amide bonds. The Labute approximate surface area is 112 Å². The monoisotopic (exact) mass is 265 g/mol. The fraction of sp³-hybridized carbons (Fsp3) is 0.583. The molecular weight excluding hydrogens is 246 g/mol. The molecule has 1 fully saturated rings. The summed E-state index contributed by atoms with van der Waals surface area (Å²) in [4.78, 5) is 22.4. The lowest BCUT2D eigenvalue weighted by Crippen LogP contribution is -2.62. The first-order valence-electron chi connectivity index (χ1n) is 6.13. The summed E-state index contributed by atoms with van der Waals surface area (Å²) < 4.78 is 5.02. The van der Waals surface area contributed by atoms with Gasteiger partial charge in [0.2, 0.25) is 5.91 Å². The predicted octanol–water partition coefficient (Wildman–Crippen LogP) is -0.0800. The number of rotatable bonds is 3. The van der Waals surface area contributed by atoms with Gasteiger partial charge in [0.25, 0.3) is 0 Å². The molecule has 0 unspecified atom stereocenters. The van der Waals surface area contributed by atoms with E-state index in [-0.39, 0.29) is 5.91 Å². The molecule has 2 heterocycles. The predicted molar refractivity (Wildman–Crippen MR) is 71.6 cm³/mol. The van der Waals surface area contributed by atoms with Crippen LogP contribution in [0.1, 0.15) is 19.7 Å². The molecule has 0 radical (unpaired) electrons. The summed E-state index contributed by atoms with van der Waals surface area (Å²) in [5.74, 6) is 1.52. The molecule has 0 saturated carbocycles. The van der Waals surface area contributed by atoms with Crippen LogP contribution in [0.3, 0.4) is 0 Å². The van der Waals surface area contributed by atoms with Crippen molar-refractivity contribution in [2.75, 3.05) is 30.8 Å². The van der Waals surface area contributed by atoms with Crippen molar-refractivity contribution >= 4 is 17.5 Å². The van der Waals surface area contributed by atoms with Gasteiger partial charge in [-0.3, -0.25) is 4.79 Å². The number of piperazine rings is 1. The van der Waals surface area contributed by atoms with Crippen LogP contribution in [0.25, 0.3) is 0 Å². The molecule has 7 nitrogen and oxygen atoms in total. The van der Waals surface area contributed by atoms with Crippen LogP contribution in [-0.2, 0) is 16.1 Å². The van der Waals surface area contributed by atoms with Gasteiger partial charge in [-0.2, -0.15) is 0 Å². The van der Waals surface area contributed by atoms with Crippen LogP contribution in [0, 0.1) is 0 Å². The van der Waals surface area contributed by atoms with Crippen molar-refractivity contribution < 1.29 is 9.53 Å². The minimum absolute atomic E-state index is 0.0239. The van der Waals surface area contributed by atoms with E-state index in [0.29, 0.717) is 37.2 Å². The van der Waals surface area contributed by atoms with Crippen molar-refractivity contribution in [1.29, 1.82) is 0 Å². The van der Waals surface area contributed by atoms with Crippen LogP contribution in [0.2, 0.25) is 0 Å². The van der Waals surface area contributed by atoms with Crippen molar-refractivity contribution in [3.63, 3.8) is 0 Å². The number of anilines is 2. The van der Waals surface area contributed by atoms with E-state index in [9.17, 15) is 4.79 Å². The van der Waals surface area contributed by atoms with Gasteiger partial charge in [0.1, 0.15) is 23.8 Å². The maximum absolute atomic E-state index is 11.9. The molecule has 1 aromatic heterocycles. The van der Waals surface area contributed by atoms with Crippen molar-refractivity contribution in [3.05, 3.63) is 11.9 Å². The van der Waals surface area contributed by atoms with E-state index in [4.69, 9.17) is 10.5 Å². The average Bonchev–Trinajstić information content (AvgIpc) is 2.32. The smallest absolute Gasteiger partial charge is 0.245 e. The average molecular weight is 265 g/mol. The number of nitrogens with one attached hydrogen (secondary N) is 1. The highest BCUT2D eigenvalue weighted by Gasteiger charge is 2.38. The van der Waals surface area contributed by atoms with Gasteiger partial charge in [0.15, 0.2) is 5.82 Å². The van der Waals surface area contributed by atoms with E-state index in [1.165, 1.54) is 0 Å². The van der Waals surface area contributed by atoms with E-state index in [0.717, 1.165) is 0 Å². The number of nitrogen functional groups attached to an aromatic ring is 1. The number of carbonyl (C=O) groups is 1. The zero-order valence-electron chi connectivity index (χ0n) is 11.4. The Morgan fingerprint density at radius 3 is 2.95 bits per heavy atom. The normalized spacial score (nSPS) is 18.3. The molecule has 1 saturated heterocycles. The standard InChI is InChI=1S/C12H19N5O2/c1-12(2)11(18)14-4-5-17(12)10-6-8(13)15-9(16-10)7-19-3/h6H,4-5,7H2,1-3H3,(H,14,18)(H2,13,15,16). The van der Waals surface area contributed by atoms with Crippen molar-refractivity contribution in [1.82, 2.24) is 15.3 Å². The van der Waals surface area contributed by atoms with Crippen molar-refractivity contribution in [2.24, 2.45) is 0 Å². The van der Waals surface area contributed by atoms with Crippen LogP contribution in [0.4, 0.5) is 11.6 Å². The second kappa shape index (κ2) is 5.00. The summed E-state index contributed by atoms with van der Waals surface area (Å²) in [6, 6.07) is 1.68. The van der Waals surface area contributed by atoms with E-state index >= 15 is 0 Å². The molecule has 3 N–H and O–H groups in total. The van der Waals surface area contributed by atoms with Crippen molar-refractivity contribution in [2.45, 2.75) is 26.0 Å². The molecule has 19 heavy (non-hydrogen) atoms. The second-order valence-corrected chi connectivity index (χ2v) is 4.97. The molecular formula is C12H19N5O2. The van der Waals surface area contributed by atoms with Crippen LogP contribution in [0.5, 0.6) is 0 Å². The number of methoxy groups -OCH3 is 1. The Hall–Kier alpha value is -1.89. The first kappa shape index (κ1) is 13.5. The number of ether oxygens (including phenoxy) is 1. The number of aromatic nitrogens is 2. The number of carbonyl (C=O) groups excluding carboxylic acids is 1. The third-order valence-electron chi connectivity index (χ3n) is 3.18. The minimum Gasteiger partial charge on any atom is -0.384 e. The molecule has 1 aliphatic heterocycles. The molecule has 0 atom stereocenters. The fourth-order valence-corrected chi connectivity index (χ4v) is 2.14. The van der Waals surface area contributed by atoms with E-state index in [2.05, 4.69) is 15.3 Å². The summed E-state index contributed by atoms with van der Waals surface area (Å²) in [5, 5.41) is 2.85. The maximum atomic E-state index is 11.9. The highest BCUT2D eigenvalue weighted by Crippen LogP contribution is 2.25. The summed E-state index contributed by atoms with van der Waals surface area (Å²) in [7, 11) is 1.57. The number of hydrogen-bond acceptors (Lipinski definition) is 6. The fourth-order valence-electron chi connectivity index (χ4n) is 2.14. The van der Waals surface area contributed by atoms with Gasteiger partial charge in [-0.05, 0) is 13.8 Å². The summed E-state index contributed by atoms with van der Waals surface area (Å²) in [5.41, 5.74) is 5.12. The summed E-state index contributed by atoms with van der Waals surface area (Å²) >= 11 is 0. The van der Waals surface area contributed by atoms with Gasteiger partial charge in [-0.25, -0.2) is 9.97 Å². The highest BCUT2D eigenvalue weighted by molar-refractivity contribution is 5.90. The topological polar surface area (TPSA) is 93.4 Å². The Bertz CT molecular complexity index is 489. The van der Waals surface area contributed by atoms with Gasteiger partial charge >= 0.3 is 0 Å².